The van der Waals surface area contributed by atoms with Crippen molar-refractivity contribution < 1.29 is 22.8 Å². The van der Waals surface area contributed by atoms with Crippen molar-refractivity contribution in [2.24, 2.45) is 0 Å². The molecular formula is C36H35ClN2O5S. The molecule has 1 N–H and O–H groups in total. The van der Waals surface area contributed by atoms with Gasteiger partial charge in [-0.2, -0.15) is 0 Å². The molecule has 232 valence electrons. The van der Waals surface area contributed by atoms with Gasteiger partial charge in [0.25, 0.3) is 0 Å². The van der Waals surface area contributed by atoms with E-state index >= 15 is 0 Å². The highest BCUT2D eigenvalue weighted by molar-refractivity contribution is 7.92. The summed E-state index contributed by atoms with van der Waals surface area (Å²) in [6.07, 6.45) is 4.64. The summed E-state index contributed by atoms with van der Waals surface area (Å²) in [4.78, 5) is 43.7. The summed E-state index contributed by atoms with van der Waals surface area (Å²) in [5.74, 6) is -2.59. The van der Waals surface area contributed by atoms with Gasteiger partial charge in [-0.25, -0.2) is 8.42 Å². The van der Waals surface area contributed by atoms with Crippen LogP contribution in [-0.2, 0) is 19.4 Å². The zero-order valence-corrected chi connectivity index (χ0v) is 26.6. The van der Waals surface area contributed by atoms with Crippen LogP contribution in [0.4, 0.5) is 5.69 Å². The number of aryl methyl sites for hydroxylation is 1. The first-order valence-electron chi connectivity index (χ1n) is 15.0. The Kier molecular flexibility index (Phi) is 10.2. The number of hydrogen-bond donors (Lipinski definition) is 1. The van der Waals surface area contributed by atoms with Crippen molar-refractivity contribution >= 4 is 44.7 Å². The van der Waals surface area contributed by atoms with Crippen LogP contribution in [0.15, 0.2) is 108 Å². The van der Waals surface area contributed by atoms with Crippen molar-refractivity contribution in [1.29, 1.82) is 0 Å². The van der Waals surface area contributed by atoms with Gasteiger partial charge in [0.1, 0.15) is 11.8 Å². The molecule has 7 nitrogen and oxygen atoms in total. The number of benzene rings is 4. The second kappa shape index (κ2) is 14.2. The largest absolute Gasteiger partial charge is 0.351 e. The van der Waals surface area contributed by atoms with Gasteiger partial charge in [0, 0.05) is 22.2 Å². The maximum Gasteiger partial charge on any atom is 0.248 e. The maximum atomic E-state index is 14.4. The fourth-order valence-corrected chi connectivity index (χ4v) is 7.00. The molecule has 0 radical (unpaired) electrons. The summed E-state index contributed by atoms with van der Waals surface area (Å²) < 4.78 is 27.2. The number of nitrogens with zero attached hydrogens (tertiary/aromatic N) is 1. The zero-order valence-electron chi connectivity index (χ0n) is 25.0. The van der Waals surface area contributed by atoms with E-state index in [0.29, 0.717) is 16.1 Å². The third-order valence-corrected chi connectivity index (χ3v) is 9.92. The van der Waals surface area contributed by atoms with Crippen LogP contribution in [0.1, 0.15) is 65.2 Å². The molecule has 0 aromatic heterocycles. The number of amides is 2. The summed E-state index contributed by atoms with van der Waals surface area (Å²) in [7, 11) is -4.12. The van der Waals surface area contributed by atoms with E-state index in [0.717, 1.165) is 37.7 Å². The quantitative estimate of drug-likeness (QED) is 0.190. The Hall–Kier alpha value is -4.27. The van der Waals surface area contributed by atoms with Crippen molar-refractivity contribution in [3.8, 4) is 0 Å². The molecule has 0 heterocycles. The third kappa shape index (κ3) is 7.70. The summed E-state index contributed by atoms with van der Waals surface area (Å²) >= 11 is 6.21. The van der Waals surface area contributed by atoms with Crippen molar-refractivity contribution in [3.63, 3.8) is 0 Å². The summed E-state index contributed by atoms with van der Waals surface area (Å²) in [6.45, 7) is 1.84. The second-order valence-corrected chi connectivity index (χ2v) is 13.8. The molecule has 0 saturated heterocycles. The van der Waals surface area contributed by atoms with Crippen LogP contribution >= 0.6 is 11.6 Å². The fraction of sp³-hybridized carbons (Fsp3) is 0.250. The average Bonchev–Trinajstić information content (AvgIpc) is 3.04. The number of carbonyl (C=O) groups is 3. The van der Waals surface area contributed by atoms with Gasteiger partial charge in [0.2, 0.25) is 11.8 Å². The summed E-state index contributed by atoms with van der Waals surface area (Å²) in [5.41, 5.74) is 1.98. The number of nitrogens with one attached hydrogen (secondary N) is 1. The molecule has 0 aliphatic heterocycles. The van der Waals surface area contributed by atoms with Gasteiger partial charge >= 0.3 is 0 Å². The van der Waals surface area contributed by atoms with Gasteiger partial charge in [-0.05, 0) is 61.7 Å². The Labute approximate surface area is 269 Å². The molecule has 1 aliphatic rings. The average molecular weight is 643 g/mol. The van der Waals surface area contributed by atoms with Crippen LogP contribution < -0.4 is 10.2 Å². The molecule has 5 rings (SSSR count). The molecule has 0 spiro atoms. The highest BCUT2D eigenvalue weighted by Gasteiger charge is 2.38. The van der Waals surface area contributed by atoms with Crippen LogP contribution in [0.5, 0.6) is 0 Å². The predicted octanol–water partition coefficient (Wildman–Crippen LogP) is 6.88. The molecule has 4 aromatic rings. The highest BCUT2D eigenvalue weighted by atomic mass is 35.5. The molecule has 45 heavy (non-hydrogen) atoms. The van der Waals surface area contributed by atoms with Crippen LogP contribution in [-0.4, -0.2) is 37.8 Å². The zero-order chi connectivity index (χ0) is 32.0. The van der Waals surface area contributed by atoms with Crippen molar-refractivity contribution in [1.82, 2.24) is 5.32 Å². The topological polar surface area (TPSA) is 101 Å². The lowest BCUT2D eigenvalue weighted by atomic mass is 9.94. The molecule has 1 atom stereocenters. The lowest BCUT2D eigenvalue weighted by Crippen LogP contribution is -2.49. The molecule has 1 saturated carbocycles. The Morgan fingerprint density at radius 1 is 0.822 bits per heavy atom. The van der Waals surface area contributed by atoms with Crippen molar-refractivity contribution in [3.05, 3.63) is 130 Å². The molecule has 2 amide bonds. The monoisotopic (exact) mass is 642 g/mol. The Morgan fingerprint density at radius 2 is 1.44 bits per heavy atom. The van der Waals surface area contributed by atoms with E-state index in [1.54, 1.807) is 91.0 Å². The van der Waals surface area contributed by atoms with Crippen LogP contribution in [0, 0.1) is 6.92 Å². The predicted molar refractivity (Wildman–Crippen MR) is 176 cm³/mol. The lowest BCUT2D eigenvalue weighted by molar-refractivity contribution is -0.126. The number of hydrogen-bond acceptors (Lipinski definition) is 5. The van der Waals surface area contributed by atoms with Crippen molar-refractivity contribution in [2.75, 3.05) is 10.7 Å². The third-order valence-electron chi connectivity index (χ3n) is 8.05. The smallest absolute Gasteiger partial charge is 0.248 e. The highest BCUT2D eigenvalue weighted by Crippen LogP contribution is 2.34. The SMILES string of the molecule is Cc1ccc(S(=O)(=O)CC(=O)N(c2ccccc2C(=O)c2ccccc2)C(C(=O)NC2CCCCC2)c2ccc(Cl)cc2)cc1. The minimum absolute atomic E-state index is 0.00949. The number of para-hydroxylation sites is 1. The number of sulfone groups is 1. The van der Waals surface area contributed by atoms with Crippen LogP contribution in [0.3, 0.4) is 0 Å². The van der Waals surface area contributed by atoms with E-state index in [4.69, 9.17) is 11.6 Å². The molecule has 4 aromatic carbocycles. The van der Waals surface area contributed by atoms with Crippen LogP contribution in [0.25, 0.3) is 0 Å². The van der Waals surface area contributed by atoms with E-state index in [1.165, 1.54) is 17.0 Å². The number of halogens is 1. The lowest BCUT2D eigenvalue weighted by Gasteiger charge is -2.34. The van der Waals surface area contributed by atoms with Gasteiger partial charge < -0.3 is 5.32 Å². The Balaban J connectivity index is 1.65. The van der Waals surface area contributed by atoms with Gasteiger partial charge in [-0.15, -0.1) is 0 Å². The Bertz CT molecular complexity index is 1770. The molecule has 0 bridgehead atoms. The first-order chi connectivity index (χ1) is 21.6. The molecule has 1 fully saturated rings. The van der Waals surface area contributed by atoms with Crippen LogP contribution in [0.2, 0.25) is 5.02 Å². The molecule has 1 unspecified atom stereocenters. The molecular weight excluding hydrogens is 608 g/mol. The molecule has 1 aliphatic carbocycles. The van der Waals surface area contributed by atoms with E-state index in [9.17, 15) is 22.8 Å². The number of anilines is 1. The van der Waals surface area contributed by atoms with E-state index in [2.05, 4.69) is 5.32 Å². The summed E-state index contributed by atoms with van der Waals surface area (Å²) in [6, 6.07) is 26.5. The number of carbonyl (C=O) groups excluding carboxylic acids is 3. The van der Waals surface area contributed by atoms with E-state index in [-0.39, 0.29) is 28.0 Å². The standard InChI is InChI=1S/C36H35ClN2O5S/c1-25-16-22-30(23-17-25)45(43,44)24-33(40)39(32-15-9-8-14-31(32)35(41)27-10-4-2-5-11-27)34(26-18-20-28(37)21-19-26)36(42)38-29-12-6-3-7-13-29/h2,4-5,8-11,14-23,29,34H,3,6-7,12-13,24H2,1H3,(H,38,42). The van der Waals surface area contributed by atoms with Crippen molar-refractivity contribution in [2.45, 2.75) is 56.0 Å². The number of rotatable bonds is 10. The van der Waals surface area contributed by atoms with Gasteiger partial charge in [-0.1, -0.05) is 103 Å². The summed E-state index contributed by atoms with van der Waals surface area (Å²) in [5, 5.41) is 3.55. The minimum atomic E-state index is -4.12. The van der Waals surface area contributed by atoms with E-state index in [1.807, 2.05) is 6.92 Å². The van der Waals surface area contributed by atoms with Gasteiger partial charge in [-0.3, -0.25) is 19.3 Å². The molecule has 9 heteroatoms. The minimum Gasteiger partial charge on any atom is -0.351 e. The second-order valence-electron chi connectivity index (χ2n) is 11.3. The van der Waals surface area contributed by atoms with Gasteiger partial charge in [0.05, 0.1) is 10.6 Å². The first kappa shape index (κ1) is 32.1. The maximum absolute atomic E-state index is 14.4. The first-order valence-corrected chi connectivity index (χ1v) is 17.0. The van der Waals surface area contributed by atoms with Gasteiger partial charge in [0.15, 0.2) is 15.6 Å². The number of ketones is 1. The Morgan fingerprint density at radius 3 is 2.11 bits per heavy atom. The fourth-order valence-electron chi connectivity index (χ4n) is 5.69. The van der Waals surface area contributed by atoms with E-state index < -0.39 is 33.4 Å². The normalized spacial score (nSPS) is 14.4.